The van der Waals surface area contributed by atoms with Crippen LogP contribution in [0.15, 0.2) is 24.3 Å². The topological polar surface area (TPSA) is 26.3 Å². The lowest BCUT2D eigenvalue weighted by atomic mass is 10.1. The van der Waals surface area contributed by atoms with Gasteiger partial charge in [0, 0.05) is 19.1 Å². The molecular weight excluding hydrogens is 232 g/mol. The van der Waals surface area contributed by atoms with Gasteiger partial charge in [-0.1, -0.05) is 30.0 Å². The Morgan fingerprint density at radius 1 is 1.53 bits per heavy atom. The molecule has 0 saturated heterocycles. The molecule has 0 aromatic heterocycles. The third-order valence-electron chi connectivity index (χ3n) is 2.61. The molecule has 2 rings (SSSR count). The molecule has 17 heavy (non-hydrogen) atoms. The highest BCUT2D eigenvalue weighted by Gasteiger charge is 2.10. The van der Waals surface area contributed by atoms with Gasteiger partial charge in [-0.25, -0.2) is 0 Å². The minimum atomic E-state index is 0.188. The first-order valence-corrected chi connectivity index (χ1v) is 6.80. The standard InChI is InChI=1S/C14H16O2S/c1-11(15)17-9-3-2-4-12-5-6-14-13(10-12)7-8-16-14/h2,4-6,10H,3,7-9H2,1H3. The molecule has 0 atom stereocenters. The molecule has 0 fully saturated rings. The molecule has 3 heteroatoms. The van der Waals surface area contributed by atoms with Crippen LogP contribution in [0.3, 0.4) is 0 Å². The van der Waals surface area contributed by atoms with E-state index < -0.39 is 0 Å². The SMILES string of the molecule is CC(=O)SCCC=Cc1ccc2c(c1)CCO2. The number of hydrogen-bond acceptors (Lipinski definition) is 3. The van der Waals surface area contributed by atoms with Gasteiger partial charge in [-0.05, 0) is 29.7 Å². The fourth-order valence-electron chi connectivity index (χ4n) is 1.80. The Kier molecular flexibility index (Phi) is 4.26. The molecule has 1 aromatic carbocycles. The molecule has 1 aromatic rings. The minimum Gasteiger partial charge on any atom is -0.493 e. The summed E-state index contributed by atoms with van der Waals surface area (Å²) in [6.07, 6.45) is 6.17. The summed E-state index contributed by atoms with van der Waals surface area (Å²) in [6.45, 7) is 2.41. The van der Waals surface area contributed by atoms with Crippen molar-refractivity contribution in [3.63, 3.8) is 0 Å². The van der Waals surface area contributed by atoms with E-state index in [1.807, 2.05) is 6.07 Å². The molecule has 1 aliphatic rings. The largest absolute Gasteiger partial charge is 0.493 e. The molecule has 0 saturated carbocycles. The lowest BCUT2D eigenvalue weighted by Gasteiger charge is -1.99. The van der Waals surface area contributed by atoms with Crippen LogP contribution in [-0.2, 0) is 11.2 Å². The van der Waals surface area contributed by atoms with E-state index in [1.165, 1.54) is 22.9 Å². The number of carbonyl (C=O) groups is 1. The molecular formula is C14H16O2S. The number of carbonyl (C=O) groups excluding carboxylic acids is 1. The summed E-state index contributed by atoms with van der Waals surface area (Å²) in [4.78, 5) is 10.7. The van der Waals surface area contributed by atoms with Crippen LogP contribution in [0.1, 0.15) is 24.5 Å². The average Bonchev–Trinajstić information content (AvgIpc) is 2.75. The van der Waals surface area contributed by atoms with Gasteiger partial charge in [0.25, 0.3) is 0 Å². The van der Waals surface area contributed by atoms with Crippen LogP contribution >= 0.6 is 11.8 Å². The van der Waals surface area contributed by atoms with E-state index in [2.05, 4.69) is 24.3 Å². The van der Waals surface area contributed by atoms with E-state index >= 15 is 0 Å². The van der Waals surface area contributed by atoms with Crippen LogP contribution in [0.4, 0.5) is 0 Å². The van der Waals surface area contributed by atoms with Crippen LogP contribution in [0.2, 0.25) is 0 Å². The molecule has 1 aliphatic heterocycles. The zero-order chi connectivity index (χ0) is 12.1. The second-order valence-electron chi connectivity index (χ2n) is 4.00. The molecule has 0 spiro atoms. The number of hydrogen-bond donors (Lipinski definition) is 0. The van der Waals surface area contributed by atoms with Crippen LogP contribution in [-0.4, -0.2) is 17.5 Å². The van der Waals surface area contributed by atoms with Gasteiger partial charge in [-0.3, -0.25) is 4.79 Å². The first-order valence-electron chi connectivity index (χ1n) is 5.81. The third kappa shape index (κ3) is 3.63. The number of thioether (sulfide) groups is 1. The van der Waals surface area contributed by atoms with E-state index in [0.717, 1.165) is 31.0 Å². The number of allylic oxidation sites excluding steroid dienone is 1. The van der Waals surface area contributed by atoms with Crippen LogP contribution in [0, 0.1) is 0 Å². The lowest BCUT2D eigenvalue weighted by Crippen LogP contribution is -1.85. The Labute approximate surface area is 106 Å². The number of benzene rings is 1. The quantitative estimate of drug-likeness (QED) is 0.765. The Morgan fingerprint density at radius 2 is 2.41 bits per heavy atom. The predicted molar refractivity (Wildman–Crippen MR) is 72.4 cm³/mol. The van der Waals surface area contributed by atoms with Gasteiger partial charge in [0.05, 0.1) is 6.61 Å². The van der Waals surface area contributed by atoms with E-state index in [0.29, 0.717) is 0 Å². The maximum Gasteiger partial charge on any atom is 0.185 e. The van der Waals surface area contributed by atoms with Gasteiger partial charge >= 0.3 is 0 Å². The van der Waals surface area contributed by atoms with Gasteiger partial charge in [0.1, 0.15) is 5.75 Å². The van der Waals surface area contributed by atoms with E-state index in [4.69, 9.17) is 4.74 Å². The summed E-state index contributed by atoms with van der Waals surface area (Å²) >= 11 is 1.38. The van der Waals surface area contributed by atoms with Crippen molar-refractivity contribution in [2.45, 2.75) is 19.8 Å². The third-order valence-corrected chi connectivity index (χ3v) is 3.46. The molecule has 0 unspecified atom stereocenters. The van der Waals surface area contributed by atoms with E-state index in [9.17, 15) is 4.79 Å². The summed E-state index contributed by atoms with van der Waals surface area (Å²) in [6, 6.07) is 6.28. The molecule has 0 bridgehead atoms. The highest BCUT2D eigenvalue weighted by atomic mass is 32.2. The smallest absolute Gasteiger partial charge is 0.185 e. The second-order valence-corrected chi connectivity index (χ2v) is 5.27. The van der Waals surface area contributed by atoms with Crippen LogP contribution in [0.25, 0.3) is 6.08 Å². The summed E-state index contributed by atoms with van der Waals surface area (Å²) < 4.78 is 5.46. The van der Waals surface area contributed by atoms with Crippen molar-refractivity contribution in [2.24, 2.45) is 0 Å². The fourth-order valence-corrected chi connectivity index (χ4v) is 2.34. The summed E-state index contributed by atoms with van der Waals surface area (Å²) in [7, 11) is 0. The molecule has 1 heterocycles. The predicted octanol–water partition coefficient (Wildman–Crippen LogP) is 3.30. The van der Waals surface area contributed by atoms with Crippen molar-refractivity contribution in [1.29, 1.82) is 0 Å². The summed E-state index contributed by atoms with van der Waals surface area (Å²) in [5.41, 5.74) is 2.51. The Hall–Kier alpha value is -1.22. The number of fused-ring (bicyclic) bond motifs is 1. The van der Waals surface area contributed by atoms with Crippen molar-refractivity contribution in [2.75, 3.05) is 12.4 Å². The van der Waals surface area contributed by atoms with Crippen LogP contribution in [0.5, 0.6) is 5.75 Å². The van der Waals surface area contributed by atoms with Gasteiger partial charge in [-0.2, -0.15) is 0 Å². The van der Waals surface area contributed by atoms with Crippen molar-refractivity contribution in [3.05, 3.63) is 35.4 Å². The maximum absolute atomic E-state index is 10.7. The van der Waals surface area contributed by atoms with Gasteiger partial charge in [0.2, 0.25) is 0 Å². The average molecular weight is 248 g/mol. The first kappa shape index (κ1) is 12.2. The van der Waals surface area contributed by atoms with Crippen LogP contribution < -0.4 is 4.74 Å². The molecule has 0 aliphatic carbocycles. The minimum absolute atomic E-state index is 0.188. The normalized spacial score (nSPS) is 13.7. The van der Waals surface area contributed by atoms with Gasteiger partial charge < -0.3 is 4.74 Å². The molecule has 90 valence electrons. The zero-order valence-electron chi connectivity index (χ0n) is 9.94. The second kappa shape index (κ2) is 5.92. The molecule has 0 N–H and O–H groups in total. The number of ether oxygens (including phenoxy) is 1. The fraction of sp³-hybridized carbons (Fsp3) is 0.357. The highest BCUT2D eigenvalue weighted by Crippen LogP contribution is 2.26. The zero-order valence-corrected chi connectivity index (χ0v) is 10.8. The van der Waals surface area contributed by atoms with Gasteiger partial charge in [-0.15, -0.1) is 0 Å². The summed E-state index contributed by atoms with van der Waals surface area (Å²) in [5.74, 6) is 1.88. The van der Waals surface area contributed by atoms with Crippen molar-refractivity contribution >= 4 is 23.0 Å². The van der Waals surface area contributed by atoms with Gasteiger partial charge in [0.15, 0.2) is 5.12 Å². The Balaban J connectivity index is 1.86. The summed E-state index contributed by atoms with van der Waals surface area (Å²) in [5, 5.41) is 0.188. The highest BCUT2D eigenvalue weighted by molar-refractivity contribution is 8.13. The van der Waals surface area contributed by atoms with Crippen molar-refractivity contribution in [1.82, 2.24) is 0 Å². The number of rotatable bonds is 4. The van der Waals surface area contributed by atoms with E-state index in [-0.39, 0.29) is 5.12 Å². The van der Waals surface area contributed by atoms with Crippen molar-refractivity contribution in [3.8, 4) is 5.75 Å². The monoisotopic (exact) mass is 248 g/mol. The molecule has 0 radical (unpaired) electrons. The first-order chi connectivity index (χ1) is 8.25. The van der Waals surface area contributed by atoms with E-state index in [1.54, 1.807) is 6.92 Å². The molecule has 2 nitrogen and oxygen atoms in total. The maximum atomic E-state index is 10.7. The Morgan fingerprint density at radius 3 is 3.24 bits per heavy atom. The van der Waals surface area contributed by atoms with Crippen molar-refractivity contribution < 1.29 is 9.53 Å². The Bertz CT molecular complexity index is 438. The molecule has 0 amide bonds. The lowest BCUT2D eigenvalue weighted by molar-refractivity contribution is -0.109.